The molecule has 0 aliphatic heterocycles. The van der Waals surface area contributed by atoms with Gasteiger partial charge in [0.25, 0.3) is 0 Å². The first kappa shape index (κ1) is 13.5. The highest BCUT2D eigenvalue weighted by atomic mass is 16.5. The van der Waals surface area contributed by atoms with E-state index in [-0.39, 0.29) is 0 Å². The van der Waals surface area contributed by atoms with E-state index in [1.807, 2.05) is 0 Å². The molecule has 3 nitrogen and oxygen atoms in total. The number of carboxylic acid groups (broad SMARTS) is 1. The SMILES string of the molecule is CCCCC1CCC(COC)(C(=O)O)CC1. The van der Waals surface area contributed by atoms with Gasteiger partial charge in [0, 0.05) is 7.11 Å². The fraction of sp³-hybridized carbons (Fsp3) is 0.923. The molecule has 0 aromatic carbocycles. The summed E-state index contributed by atoms with van der Waals surface area (Å²) in [7, 11) is 1.59. The van der Waals surface area contributed by atoms with Gasteiger partial charge in [-0.25, -0.2) is 0 Å². The molecule has 1 aliphatic carbocycles. The predicted molar refractivity (Wildman–Crippen MR) is 63.4 cm³/mol. The van der Waals surface area contributed by atoms with Gasteiger partial charge in [0.1, 0.15) is 0 Å². The molecular weight excluding hydrogens is 204 g/mol. The van der Waals surface area contributed by atoms with Crippen LogP contribution >= 0.6 is 0 Å². The first-order valence-electron chi connectivity index (χ1n) is 6.37. The zero-order chi connectivity index (χ0) is 12.0. The second-order valence-corrected chi connectivity index (χ2v) is 5.10. The number of hydrogen-bond acceptors (Lipinski definition) is 2. The summed E-state index contributed by atoms with van der Waals surface area (Å²) in [5.74, 6) is 0.0626. The molecule has 0 aromatic heterocycles. The fourth-order valence-corrected chi connectivity index (χ4v) is 2.71. The van der Waals surface area contributed by atoms with Crippen LogP contribution in [0.4, 0.5) is 0 Å². The Morgan fingerprint density at radius 1 is 1.44 bits per heavy atom. The number of rotatable bonds is 6. The van der Waals surface area contributed by atoms with E-state index in [9.17, 15) is 9.90 Å². The van der Waals surface area contributed by atoms with E-state index in [0.29, 0.717) is 6.61 Å². The highest BCUT2D eigenvalue weighted by Gasteiger charge is 2.41. The Morgan fingerprint density at radius 3 is 2.50 bits per heavy atom. The number of methoxy groups -OCH3 is 1. The molecule has 0 aromatic rings. The van der Waals surface area contributed by atoms with Crippen LogP contribution in [0.5, 0.6) is 0 Å². The number of hydrogen-bond donors (Lipinski definition) is 1. The van der Waals surface area contributed by atoms with Crippen LogP contribution in [0, 0.1) is 11.3 Å². The quantitative estimate of drug-likeness (QED) is 0.760. The molecule has 0 spiro atoms. The van der Waals surface area contributed by atoms with Crippen molar-refractivity contribution in [2.45, 2.75) is 51.9 Å². The Morgan fingerprint density at radius 2 is 2.06 bits per heavy atom. The number of unbranched alkanes of at least 4 members (excludes halogenated alkanes) is 1. The maximum atomic E-state index is 11.3. The number of carbonyl (C=O) groups is 1. The molecule has 0 amide bonds. The Labute approximate surface area is 98.2 Å². The van der Waals surface area contributed by atoms with Crippen molar-refractivity contribution >= 4 is 5.97 Å². The van der Waals surface area contributed by atoms with Crippen molar-refractivity contribution in [2.24, 2.45) is 11.3 Å². The molecule has 0 radical (unpaired) electrons. The van der Waals surface area contributed by atoms with Crippen LogP contribution in [0.1, 0.15) is 51.9 Å². The summed E-state index contributed by atoms with van der Waals surface area (Å²) in [6.07, 6.45) is 7.44. The van der Waals surface area contributed by atoms with Crippen molar-refractivity contribution in [3.05, 3.63) is 0 Å². The molecule has 1 fully saturated rings. The monoisotopic (exact) mass is 228 g/mol. The van der Waals surface area contributed by atoms with E-state index >= 15 is 0 Å². The van der Waals surface area contributed by atoms with E-state index in [1.165, 1.54) is 19.3 Å². The van der Waals surface area contributed by atoms with Crippen LogP contribution in [0.3, 0.4) is 0 Å². The van der Waals surface area contributed by atoms with Gasteiger partial charge in [0.2, 0.25) is 0 Å². The van der Waals surface area contributed by atoms with Crippen LogP contribution in [0.15, 0.2) is 0 Å². The zero-order valence-corrected chi connectivity index (χ0v) is 10.5. The minimum Gasteiger partial charge on any atom is -0.481 e. The molecule has 1 rings (SSSR count). The maximum absolute atomic E-state index is 11.3. The van der Waals surface area contributed by atoms with Gasteiger partial charge in [0.05, 0.1) is 12.0 Å². The first-order chi connectivity index (χ1) is 7.64. The van der Waals surface area contributed by atoms with Gasteiger partial charge >= 0.3 is 5.97 Å². The minimum absolute atomic E-state index is 0.364. The van der Waals surface area contributed by atoms with Gasteiger partial charge in [-0.2, -0.15) is 0 Å². The smallest absolute Gasteiger partial charge is 0.311 e. The summed E-state index contributed by atoms with van der Waals surface area (Å²) in [4.78, 5) is 11.3. The molecule has 3 heteroatoms. The molecule has 94 valence electrons. The largest absolute Gasteiger partial charge is 0.481 e. The van der Waals surface area contributed by atoms with Gasteiger partial charge in [-0.1, -0.05) is 26.2 Å². The van der Waals surface area contributed by atoms with E-state index in [4.69, 9.17) is 4.74 Å². The van der Waals surface area contributed by atoms with Gasteiger partial charge in [-0.05, 0) is 31.6 Å². The van der Waals surface area contributed by atoms with Crippen molar-refractivity contribution < 1.29 is 14.6 Å². The summed E-state index contributed by atoms with van der Waals surface area (Å²) < 4.78 is 5.08. The van der Waals surface area contributed by atoms with Crippen molar-refractivity contribution in [1.29, 1.82) is 0 Å². The first-order valence-corrected chi connectivity index (χ1v) is 6.37. The minimum atomic E-state index is -0.678. The van der Waals surface area contributed by atoms with E-state index in [0.717, 1.165) is 31.6 Å². The molecule has 1 saturated carbocycles. The lowest BCUT2D eigenvalue weighted by Crippen LogP contribution is -2.39. The van der Waals surface area contributed by atoms with E-state index < -0.39 is 11.4 Å². The third-order valence-electron chi connectivity index (χ3n) is 3.90. The van der Waals surface area contributed by atoms with Gasteiger partial charge < -0.3 is 9.84 Å². The number of aliphatic carboxylic acids is 1. The van der Waals surface area contributed by atoms with Crippen molar-refractivity contribution in [1.82, 2.24) is 0 Å². The molecule has 0 heterocycles. The summed E-state index contributed by atoms with van der Waals surface area (Å²) in [6, 6.07) is 0. The van der Waals surface area contributed by atoms with E-state index in [1.54, 1.807) is 7.11 Å². The highest BCUT2D eigenvalue weighted by Crippen LogP contribution is 2.41. The lowest BCUT2D eigenvalue weighted by atomic mass is 9.70. The molecule has 1 aliphatic rings. The highest BCUT2D eigenvalue weighted by molar-refractivity contribution is 5.74. The lowest BCUT2D eigenvalue weighted by Gasteiger charge is -2.36. The third-order valence-corrected chi connectivity index (χ3v) is 3.90. The maximum Gasteiger partial charge on any atom is 0.311 e. The van der Waals surface area contributed by atoms with Gasteiger partial charge in [-0.3, -0.25) is 4.79 Å². The standard InChI is InChI=1S/C13H24O3/c1-3-4-5-11-6-8-13(9-7-11,10-16-2)12(14)15/h11H,3-10H2,1-2H3,(H,14,15). The summed E-state index contributed by atoms with van der Waals surface area (Å²) in [5, 5.41) is 9.30. The second-order valence-electron chi connectivity index (χ2n) is 5.10. The molecule has 0 unspecified atom stereocenters. The van der Waals surface area contributed by atoms with Crippen LogP contribution in [0.25, 0.3) is 0 Å². The summed E-state index contributed by atoms with van der Waals surface area (Å²) in [6.45, 7) is 2.57. The Hall–Kier alpha value is -0.570. The Bertz CT molecular complexity index is 217. The van der Waals surface area contributed by atoms with Crippen molar-refractivity contribution in [2.75, 3.05) is 13.7 Å². The third kappa shape index (κ3) is 3.21. The Balaban J connectivity index is 2.46. The molecule has 0 bridgehead atoms. The average Bonchev–Trinajstić information content (AvgIpc) is 2.28. The van der Waals surface area contributed by atoms with E-state index in [2.05, 4.69) is 6.92 Å². The molecule has 0 saturated heterocycles. The van der Waals surface area contributed by atoms with Crippen LogP contribution in [0.2, 0.25) is 0 Å². The molecule has 0 atom stereocenters. The molecular formula is C13H24O3. The summed E-state index contributed by atoms with van der Waals surface area (Å²) in [5.41, 5.74) is -0.600. The number of carboxylic acids is 1. The fourth-order valence-electron chi connectivity index (χ4n) is 2.71. The molecule has 16 heavy (non-hydrogen) atoms. The lowest BCUT2D eigenvalue weighted by molar-refractivity contribution is -0.155. The average molecular weight is 228 g/mol. The van der Waals surface area contributed by atoms with Gasteiger partial charge in [0.15, 0.2) is 0 Å². The normalized spacial score (nSPS) is 30.2. The van der Waals surface area contributed by atoms with Crippen molar-refractivity contribution in [3.8, 4) is 0 Å². The number of ether oxygens (including phenoxy) is 1. The second kappa shape index (κ2) is 6.24. The topological polar surface area (TPSA) is 46.5 Å². The van der Waals surface area contributed by atoms with Gasteiger partial charge in [-0.15, -0.1) is 0 Å². The Kier molecular flexibility index (Phi) is 5.26. The van der Waals surface area contributed by atoms with Crippen LogP contribution in [-0.2, 0) is 9.53 Å². The zero-order valence-electron chi connectivity index (χ0n) is 10.5. The van der Waals surface area contributed by atoms with Crippen molar-refractivity contribution in [3.63, 3.8) is 0 Å². The molecule has 1 N–H and O–H groups in total. The van der Waals surface area contributed by atoms with Crippen LogP contribution < -0.4 is 0 Å². The van der Waals surface area contributed by atoms with Crippen LogP contribution in [-0.4, -0.2) is 24.8 Å². The predicted octanol–water partition coefficient (Wildman–Crippen LogP) is 3.08. The summed E-state index contributed by atoms with van der Waals surface area (Å²) >= 11 is 0.